The molecule has 2 rings (SSSR count). The molecule has 0 unspecified atom stereocenters. The van der Waals surface area contributed by atoms with Crippen LogP contribution in [0.15, 0.2) is 47.7 Å². The minimum Gasteiger partial charge on any atom is -0.357 e. The lowest BCUT2D eigenvalue weighted by atomic mass is 10.3. The highest BCUT2D eigenvalue weighted by atomic mass is 127. The lowest BCUT2D eigenvalue weighted by molar-refractivity contribution is 0.730. The quantitative estimate of drug-likeness (QED) is 0.309. The number of aliphatic imine (C=N–C) groups is 1. The molecule has 126 valence electrons. The first-order chi connectivity index (χ1) is 10.8. The monoisotopic (exact) mass is 427 g/mol. The second kappa shape index (κ2) is 11.0. The van der Waals surface area contributed by atoms with E-state index in [1.165, 1.54) is 6.42 Å². The Balaban J connectivity index is 0.00000264. The molecule has 0 radical (unpaired) electrons. The second-order valence-electron chi connectivity index (χ2n) is 5.10. The van der Waals surface area contributed by atoms with Gasteiger partial charge in [-0.05, 0) is 25.5 Å². The number of nitrogens with zero attached hydrogens (tertiary/aromatic N) is 3. The standard InChI is InChI=1S/C17H25N5.HI/c1-3-5-11-19-17(18-4-2)20-12-15-13-21-22(14-15)16-9-7-6-8-10-16;/h6-10,13-14H,3-5,11-12H2,1-2H3,(H2,18,19,20);1H. The first-order valence-corrected chi connectivity index (χ1v) is 7.94. The van der Waals surface area contributed by atoms with Crippen molar-refractivity contribution >= 4 is 29.9 Å². The second-order valence-corrected chi connectivity index (χ2v) is 5.10. The van der Waals surface area contributed by atoms with Crippen LogP contribution in [0, 0.1) is 0 Å². The first-order valence-electron chi connectivity index (χ1n) is 7.94. The van der Waals surface area contributed by atoms with Crippen LogP contribution >= 0.6 is 24.0 Å². The molecule has 0 spiro atoms. The Labute approximate surface area is 155 Å². The minimum atomic E-state index is 0. The summed E-state index contributed by atoms with van der Waals surface area (Å²) in [6.07, 6.45) is 6.22. The fourth-order valence-corrected chi connectivity index (χ4v) is 2.06. The minimum absolute atomic E-state index is 0. The summed E-state index contributed by atoms with van der Waals surface area (Å²) in [5.74, 6) is 0.864. The summed E-state index contributed by atoms with van der Waals surface area (Å²) in [4.78, 5) is 4.60. The number of guanidine groups is 1. The van der Waals surface area contributed by atoms with E-state index < -0.39 is 0 Å². The Hall–Kier alpha value is -1.57. The summed E-state index contributed by atoms with van der Waals surface area (Å²) in [6.45, 7) is 6.69. The lowest BCUT2D eigenvalue weighted by Crippen LogP contribution is -2.37. The number of para-hydroxylation sites is 1. The zero-order valence-electron chi connectivity index (χ0n) is 13.8. The van der Waals surface area contributed by atoms with E-state index >= 15 is 0 Å². The maximum absolute atomic E-state index is 4.60. The van der Waals surface area contributed by atoms with E-state index in [2.05, 4.69) is 34.6 Å². The van der Waals surface area contributed by atoms with Crippen molar-refractivity contribution in [3.05, 3.63) is 48.3 Å². The van der Waals surface area contributed by atoms with Gasteiger partial charge in [-0.2, -0.15) is 5.10 Å². The highest BCUT2D eigenvalue weighted by molar-refractivity contribution is 14.0. The molecule has 0 saturated heterocycles. The fourth-order valence-electron chi connectivity index (χ4n) is 2.06. The van der Waals surface area contributed by atoms with Crippen LogP contribution in [-0.4, -0.2) is 28.8 Å². The average molecular weight is 427 g/mol. The average Bonchev–Trinajstić information content (AvgIpc) is 3.03. The van der Waals surface area contributed by atoms with Crippen molar-refractivity contribution in [1.29, 1.82) is 0 Å². The molecule has 2 N–H and O–H groups in total. The Morgan fingerprint density at radius 3 is 2.65 bits per heavy atom. The zero-order valence-corrected chi connectivity index (χ0v) is 16.2. The summed E-state index contributed by atoms with van der Waals surface area (Å²) >= 11 is 0. The van der Waals surface area contributed by atoms with Crippen LogP contribution in [0.2, 0.25) is 0 Å². The van der Waals surface area contributed by atoms with Crippen LogP contribution in [0.5, 0.6) is 0 Å². The number of unbranched alkanes of at least 4 members (excludes halogenated alkanes) is 1. The van der Waals surface area contributed by atoms with Crippen LogP contribution in [0.4, 0.5) is 0 Å². The Kier molecular flexibility index (Phi) is 9.35. The number of halogens is 1. The molecule has 2 aromatic rings. The maximum atomic E-state index is 4.60. The van der Waals surface area contributed by atoms with Gasteiger partial charge < -0.3 is 10.6 Å². The molecule has 23 heavy (non-hydrogen) atoms. The molecule has 0 atom stereocenters. The van der Waals surface area contributed by atoms with Gasteiger partial charge in [0, 0.05) is 24.8 Å². The third-order valence-electron chi connectivity index (χ3n) is 3.24. The van der Waals surface area contributed by atoms with Crippen LogP contribution in [0.25, 0.3) is 5.69 Å². The predicted octanol–water partition coefficient (Wildman–Crippen LogP) is 3.35. The zero-order chi connectivity index (χ0) is 15.6. The number of hydrogen-bond acceptors (Lipinski definition) is 2. The van der Waals surface area contributed by atoms with Crippen molar-refractivity contribution in [3.8, 4) is 5.69 Å². The molecule has 0 bridgehead atoms. The molecule has 0 amide bonds. The summed E-state index contributed by atoms with van der Waals surface area (Å²) in [5.41, 5.74) is 2.15. The summed E-state index contributed by atoms with van der Waals surface area (Å²) in [7, 11) is 0. The fraction of sp³-hybridized carbons (Fsp3) is 0.412. The van der Waals surface area contributed by atoms with Crippen LogP contribution in [0.1, 0.15) is 32.3 Å². The van der Waals surface area contributed by atoms with Gasteiger partial charge in [0.15, 0.2) is 5.96 Å². The third kappa shape index (κ3) is 6.60. The van der Waals surface area contributed by atoms with Gasteiger partial charge in [0.25, 0.3) is 0 Å². The smallest absolute Gasteiger partial charge is 0.191 e. The van der Waals surface area contributed by atoms with E-state index in [1.807, 2.05) is 47.4 Å². The molecule has 1 heterocycles. The van der Waals surface area contributed by atoms with E-state index in [0.717, 1.165) is 36.7 Å². The number of benzene rings is 1. The summed E-state index contributed by atoms with van der Waals surface area (Å²) in [5, 5.41) is 11.0. The van der Waals surface area contributed by atoms with E-state index in [9.17, 15) is 0 Å². The first kappa shape index (κ1) is 19.5. The molecule has 1 aromatic heterocycles. The molecule has 1 aromatic carbocycles. The SMILES string of the molecule is CCCCNC(=NCc1cnn(-c2ccccc2)c1)NCC.I. The van der Waals surface area contributed by atoms with Crippen LogP contribution < -0.4 is 10.6 Å². The third-order valence-corrected chi connectivity index (χ3v) is 3.24. The topological polar surface area (TPSA) is 54.2 Å². The van der Waals surface area contributed by atoms with Crippen LogP contribution in [-0.2, 0) is 6.54 Å². The summed E-state index contributed by atoms with van der Waals surface area (Å²) < 4.78 is 1.88. The van der Waals surface area contributed by atoms with Crippen molar-refractivity contribution in [2.75, 3.05) is 13.1 Å². The van der Waals surface area contributed by atoms with Crippen molar-refractivity contribution in [2.45, 2.75) is 33.2 Å². The summed E-state index contributed by atoms with van der Waals surface area (Å²) in [6, 6.07) is 10.1. The van der Waals surface area contributed by atoms with E-state index in [0.29, 0.717) is 6.54 Å². The van der Waals surface area contributed by atoms with Crippen LogP contribution in [0.3, 0.4) is 0 Å². The van der Waals surface area contributed by atoms with E-state index in [-0.39, 0.29) is 24.0 Å². The van der Waals surface area contributed by atoms with Crippen molar-refractivity contribution in [3.63, 3.8) is 0 Å². The molecule has 0 aliphatic heterocycles. The Bertz CT molecular complexity index is 580. The molecule has 0 aliphatic rings. The maximum Gasteiger partial charge on any atom is 0.191 e. The molecule has 6 heteroatoms. The highest BCUT2D eigenvalue weighted by Crippen LogP contribution is 2.08. The normalized spacial score (nSPS) is 11.0. The van der Waals surface area contributed by atoms with E-state index in [4.69, 9.17) is 0 Å². The lowest BCUT2D eigenvalue weighted by Gasteiger charge is -2.10. The Morgan fingerprint density at radius 2 is 1.96 bits per heavy atom. The number of nitrogens with one attached hydrogen (secondary N) is 2. The molecular formula is C17H26IN5. The van der Waals surface area contributed by atoms with Gasteiger partial charge in [0.1, 0.15) is 0 Å². The van der Waals surface area contributed by atoms with Gasteiger partial charge in [0.05, 0.1) is 18.4 Å². The molecule has 0 saturated carbocycles. The van der Waals surface area contributed by atoms with E-state index in [1.54, 1.807) is 0 Å². The van der Waals surface area contributed by atoms with Gasteiger partial charge in [-0.1, -0.05) is 31.5 Å². The van der Waals surface area contributed by atoms with Gasteiger partial charge in [0.2, 0.25) is 0 Å². The van der Waals surface area contributed by atoms with Gasteiger partial charge in [-0.25, -0.2) is 9.67 Å². The predicted molar refractivity (Wildman–Crippen MR) is 107 cm³/mol. The molecule has 0 aliphatic carbocycles. The van der Waals surface area contributed by atoms with Crippen molar-refractivity contribution in [2.24, 2.45) is 4.99 Å². The van der Waals surface area contributed by atoms with Crippen molar-refractivity contribution < 1.29 is 0 Å². The molecule has 5 nitrogen and oxygen atoms in total. The Morgan fingerprint density at radius 1 is 1.17 bits per heavy atom. The van der Waals surface area contributed by atoms with Gasteiger partial charge >= 0.3 is 0 Å². The molecular weight excluding hydrogens is 401 g/mol. The highest BCUT2D eigenvalue weighted by Gasteiger charge is 2.01. The number of hydrogen-bond donors (Lipinski definition) is 2. The van der Waals surface area contributed by atoms with Gasteiger partial charge in [-0.15, -0.1) is 24.0 Å². The molecule has 0 fully saturated rings. The van der Waals surface area contributed by atoms with Crippen molar-refractivity contribution in [1.82, 2.24) is 20.4 Å². The number of rotatable bonds is 7. The number of aromatic nitrogens is 2. The largest absolute Gasteiger partial charge is 0.357 e. The van der Waals surface area contributed by atoms with Gasteiger partial charge in [-0.3, -0.25) is 0 Å².